The molecule has 3 fully saturated rings. The summed E-state index contributed by atoms with van der Waals surface area (Å²) >= 11 is 6.04. The van der Waals surface area contributed by atoms with Crippen LogP contribution in [0, 0.1) is 10.1 Å². The van der Waals surface area contributed by atoms with Crippen LogP contribution >= 0.6 is 11.6 Å². The molecule has 0 saturated carbocycles. The Morgan fingerprint density at radius 1 is 0.705 bits per heavy atom. The molecule has 0 aliphatic carbocycles. The molecule has 20 heteroatoms. The molecule has 0 amide bonds. The molecule has 1 aromatic rings. The van der Waals surface area contributed by atoms with E-state index in [9.17, 15) is 61.2 Å². The highest BCUT2D eigenvalue weighted by Crippen LogP contribution is 2.35. The Labute approximate surface area is 253 Å². The smallest absolute Gasteiger partial charge is 0.271 e. The molecule has 0 spiro atoms. The van der Waals surface area contributed by atoms with E-state index in [1.165, 1.54) is 0 Å². The van der Waals surface area contributed by atoms with Crippen molar-refractivity contribution >= 4 is 17.3 Å². The standard InChI is InChI=1S/C24H34ClNO18/c25-8-3-7(26(37)38)1-2-9(8)39-19-11(5-28)41-23(17(34)14(19)31)44-21-12(6-29)42-24(18(35)15(21)32)43-20-10(4-27)40-22(36)16(33)13(20)30/h1-3,10-24,27-36H,4-6H2/t10-,11-,12-,13-,14-,15-,16-,17-,18-,19-,20-,21-,22+,23-,24-/m1/s1. The lowest BCUT2D eigenvalue weighted by Crippen LogP contribution is -2.67. The van der Waals surface area contributed by atoms with E-state index in [0.29, 0.717) is 0 Å². The van der Waals surface area contributed by atoms with Gasteiger partial charge < -0.3 is 79.5 Å². The molecule has 3 aliphatic heterocycles. The first-order valence-corrected chi connectivity index (χ1v) is 13.7. The van der Waals surface area contributed by atoms with Crippen LogP contribution in [0.5, 0.6) is 5.75 Å². The topological polar surface area (TPSA) is 301 Å². The van der Waals surface area contributed by atoms with Crippen LogP contribution in [-0.4, -0.2) is 168 Å². The van der Waals surface area contributed by atoms with Crippen molar-refractivity contribution in [1.29, 1.82) is 0 Å². The maximum absolute atomic E-state index is 11.0. The predicted octanol–water partition coefficient (Wildman–Crippen LogP) is -4.92. The van der Waals surface area contributed by atoms with E-state index in [1.807, 2.05) is 0 Å². The Kier molecular flexibility index (Phi) is 11.7. The van der Waals surface area contributed by atoms with Crippen LogP contribution < -0.4 is 4.74 Å². The van der Waals surface area contributed by atoms with Crippen LogP contribution in [0.3, 0.4) is 0 Å². The maximum atomic E-state index is 11.0. The van der Waals surface area contributed by atoms with Crippen molar-refractivity contribution in [3.8, 4) is 5.75 Å². The fourth-order valence-electron chi connectivity index (χ4n) is 5.03. The van der Waals surface area contributed by atoms with E-state index in [1.54, 1.807) is 0 Å². The summed E-state index contributed by atoms with van der Waals surface area (Å²) in [6.45, 7) is -2.47. The Bertz CT molecular complexity index is 1110. The molecule has 44 heavy (non-hydrogen) atoms. The number of hydrogen-bond acceptors (Lipinski definition) is 18. The van der Waals surface area contributed by atoms with Crippen LogP contribution in [0.4, 0.5) is 5.69 Å². The number of nitrogens with zero attached hydrogens (tertiary/aromatic N) is 1. The second-order valence-corrected chi connectivity index (χ2v) is 10.7. The molecule has 3 aliphatic rings. The summed E-state index contributed by atoms with van der Waals surface area (Å²) in [6, 6.07) is 3.21. The van der Waals surface area contributed by atoms with Crippen LogP contribution in [-0.2, 0) is 23.7 Å². The van der Waals surface area contributed by atoms with Gasteiger partial charge in [0, 0.05) is 12.1 Å². The molecule has 15 atom stereocenters. The summed E-state index contributed by atoms with van der Waals surface area (Å²) in [7, 11) is 0. The van der Waals surface area contributed by atoms with Gasteiger partial charge in [-0.3, -0.25) is 10.1 Å². The van der Waals surface area contributed by atoms with Gasteiger partial charge in [-0.2, -0.15) is 0 Å². The monoisotopic (exact) mass is 659 g/mol. The van der Waals surface area contributed by atoms with Gasteiger partial charge in [-0.05, 0) is 6.07 Å². The molecule has 0 bridgehead atoms. The van der Waals surface area contributed by atoms with Crippen molar-refractivity contribution < 1.29 is 84.4 Å². The lowest BCUT2D eigenvalue weighted by atomic mass is 9.96. The number of ether oxygens (including phenoxy) is 6. The van der Waals surface area contributed by atoms with Gasteiger partial charge in [0.05, 0.1) is 29.8 Å². The van der Waals surface area contributed by atoms with Crippen molar-refractivity contribution in [3.63, 3.8) is 0 Å². The zero-order valence-corrected chi connectivity index (χ0v) is 23.3. The summed E-state index contributed by atoms with van der Waals surface area (Å²) in [4.78, 5) is 10.3. The average molecular weight is 660 g/mol. The number of hydrogen-bond donors (Lipinski definition) is 10. The Balaban J connectivity index is 1.45. The SMILES string of the molecule is O=[N+]([O-])c1ccc(O[C@H]2[C@H](O)[C@@H](O)[C@@H](O[C@H]3[C@H](O)[C@@H](O)[C@@H](O[C@H]4[C@H](O)[C@@H](O)[C@@H](O)O[C@@H]4CO)O[C@@H]3CO)O[C@@H]2CO)c(Cl)c1. The zero-order valence-electron chi connectivity index (χ0n) is 22.6. The third kappa shape index (κ3) is 7.08. The fourth-order valence-corrected chi connectivity index (χ4v) is 5.25. The molecule has 0 unspecified atom stereocenters. The molecule has 19 nitrogen and oxygen atoms in total. The molecule has 250 valence electrons. The number of rotatable bonds is 10. The third-order valence-corrected chi connectivity index (χ3v) is 7.75. The van der Waals surface area contributed by atoms with Crippen LogP contribution in [0.15, 0.2) is 18.2 Å². The van der Waals surface area contributed by atoms with Crippen LogP contribution in [0.1, 0.15) is 0 Å². The Hall–Kier alpha value is -1.89. The van der Waals surface area contributed by atoms with Gasteiger partial charge in [0.1, 0.15) is 72.9 Å². The summed E-state index contributed by atoms with van der Waals surface area (Å²) in [5.41, 5.74) is -0.343. The minimum Gasteiger partial charge on any atom is -0.483 e. The predicted molar refractivity (Wildman–Crippen MR) is 138 cm³/mol. The van der Waals surface area contributed by atoms with Crippen molar-refractivity contribution in [2.45, 2.75) is 92.1 Å². The van der Waals surface area contributed by atoms with Crippen molar-refractivity contribution in [2.75, 3.05) is 19.8 Å². The number of aliphatic hydroxyl groups excluding tert-OH is 10. The van der Waals surface area contributed by atoms with Crippen molar-refractivity contribution in [2.24, 2.45) is 0 Å². The molecular weight excluding hydrogens is 626 g/mol. The quantitative estimate of drug-likeness (QED) is 0.0831. The highest BCUT2D eigenvalue weighted by atomic mass is 35.5. The molecule has 0 radical (unpaired) electrons. The van der Waals surface area contributed by atoms with E-state index < -0.39 is 117 Å². The Morgan fingerprint density at radius 2 is 1.16 bits per heavy atom. The molecule has 1 aromatic carbocycles. The molecule has 4 rings (SSSR count). The zero-order chi connectivity index (χ0) is 32.5. The minimum absolute atomic E-state index is 0.139. The largest absolute Gasteiger partial charge is 0.483 e. The summed E-state index contributed by atoms with van der Waals surface area (Å²) in [5, 5.41) is 113. The highest BCUT2D eigenvalue weighted by Gasteiger charge is 2.53. The van der Waals surface area contributed by atoms with Gasteiger partial charge >= 0.3 is 0 Å². The second kappa shape index (κ2) is 14.7. The van der Waals surface area contributed by atoms with Crippen LogP contribution in [0.2, 0.25) is 5.02 Å². The summed E-state index contributed by atoms with van der Waals surface area (Å²) < 4.78 is 32.7. The average Bonchev–Trinajstić information content (AvgIpc) is 3.00. The summed E-state index contributed by atoms with van der Waals surface area (Å²) in [5.74, 6) is -0.139. The van der Waals surface area contributed by atoms with Gasteiger partial charge in [0.2, 0.25) is 0 Å². The first-order chi connectivity index (χ1) is 20.8. The fraction of sp³-hybridized carbons (Fsp3) is 0.750. The number of aliphatic hydroxyl groups is 10. The number of non-ortho nitro benzene ring substituents is 1. The molecule has 3 saturated heterocycles. The van der Waals surface area contributed by atoms with Gasteiger partial charge in [-0.1, -0.05) is 11.6 Å². The van der Waals surface area contributed by atoms with E-state index in [-0.39, 0.29) is 16.5 Å². The van der Waals surface area contributed by atoms with E-state index >= 15 is 0 Å². The van der Waals surface area contributed by atoms with Crippen molar-refractivity contribution in [1.82, 2.24) is 0 Å². The van der Waals surface area contributed by atoms with Gasteiger partial charge in [-0.15, -0.1) is 0 Å². The lowest BCUT2D eigenvalue weighted by molar-refractivity contribution is -0.384. The molecule has 10 N–H and O–H groups in total. The summed E-state index contributed by atoms with van der Waals surface area (Å²) in [6.07, 6.45) is -25.8. The molecule has 0 aromatic heterocycles. The van der Waals surface area contributed by atoms with E-state index in [0.717, 1.165) is 18.2 Å². The van der Waals surface area contributed by atoms with Gasteiger partial charge in [0.15, 0.2) is 25.0 Å². The van der Waals surface area contributed by atoms with Gasteiger partial charge in [0.25, 0.3) is 5.69 Å². The maximum Gasteiger partial charge on any atom is 0.271 e. The van der Waals surface area contributed by atoms with Gasteiger partial charge in [-0.25, -0.2) is 0 Å². The lowest BCUT2D eigenvalue weighted by Gasteiger charge is -2.48. The highest BCUT2D eigenvalue weighted by molar-refractivity contribution is 6.32. The minimum atomic E-state index is -1.97. The van der Waals surface area contributed by atoms with Crippen molar-refractivity contribution in [3.05, 3.63) is 33.3 Å². The molecule has 3 heterocycles. The number of nitro groups is 1. The first kappa shape index (κ1) is 35.0. The van der Waals surface area contributed by atoms with E-state index in [4.69, 9.17) is 40.0 Å². The second-order valence-electron chi connectivity index (χ2n) is 10.3. The first-order valence-electron chi connectivity index (χ1n) is 13.3. The number of nitro benzene ring substituents is 1. The third-order valence-electron chi connectivity index (χ3n) is 7.45. The molecular formula is C24H34ClNO18. The normalized spacial score (nSPS) is 43.0. The number of benzene rings is 1. The number of halogens is 1. The van der Waals surface area contributed by atoms with E-state index in [2.05, 4.69) is 0 Å². The van der Waals surface area contributed by atoms with Crippen LogP contribution in [0.25, 0.3) is 0 Å². The Morgan fingerprint density at radius 3 is 1.64 bits per heavy atom.